The summed E-state index contributed by atoms with van der Waals surface area (Å²) in [5.74, 6) is 0.0652. The number of benzene rings is 3. The van der Waals surface area contributed by atoms with Gasteiger partial charge in [-0.05, 0) is 60.7 Å². The standard InChI is InChI=1S/C21H19N3O3/c1-27-19-5-3-2-4-18(19)24-21(26)15-8-12-17(13-9-15)23-20(25)14-6-10-16(22)11-7-14/h2-13H,22H2,1H3,(H,23,25)(H,24,26). The summed E-state index contributed by atoms with van der Waals surface area (Å²) in [5, 5.41) is 5.59. The van der Waals surface area contributed by atoms with Crippen LogP contribution >= 0.6 is 0 Å². The van der Waals surface area contributed by atoms with E-state index < -0.39 is 0 Å². The number of hydrogen-bond donors (Lipinski definition) is 3. The molecule has 3 rings (SSSR count). The minimum Gasteiger partial charge on any atom is -0.495 e. The number of anilines is 3. The van der Waals surface area contributed by atoms with Crippen LogP contribution in [0.5, 0.6) is 5.75 Å². The first-order valence-corrected chi connectivity index (χ1v) is 8.28. The van der Waals surface area contributed by atoms with E-state index >= 15 is 0 Å². The van der Waals surface area contributed by atoms with Crippen molar-refractivity contribution < 1.29 is 14.3 Å². The van der Waals surface area contributed by atoms with Crippen LogP contribution in [0.1, 0.15) is 20.7 Å². The van der Waals surface area contributed by atoms with Gasteiger partial charge in [0.1, 0.15) is 5.75 Å². The second-order valence-electron chi connectivity index (χ2n) is 5.81. The molecule has 0 fully saturated rings. The lowest BCUT2D eigenvalue weighted by Gasteiger charge is -2.10. The summed E-state index contributed by atoms with van der Waals surface area (Å²) in [6, 6.07) is 20.4. The number of hydrogen-bond acceptors (Lipinski definition) is 4. The van der Waals surface area contributed by atoms with Gasteiger partial charge >= 0.3 is 0 Å². The topological polar surface area (TPSA) is 93.5 Å². The third-order valence-corrected chi connectivity index (χ3v) is 3.93. The molecule has 0 atom stereocenters. The number of nitrogen functional groups attached to an aromatic ring is 1. The lowest BCUT2D eigenvalue weighted by atomic mass is 10.1. The van der Waals surface area contributed by atoms with Crippen LogP contribution in [-0.2, 0) is 0 Å². The molecule has 0 aliphatic carbocycles. The van der Waals surface area contributed by atoms with Gasteiger partial charge in [-0.25, -0.2) is 0 Å². The Bertz CT molecular complexity index is 951. The van der Waals surface area contributed by atoms with E-state index in [2.05, 4.69) is 10.6 Å². The molecule has 6 heteroatoms. The number of rotatable bonds is 5. The highest BCUT2D eigenvalue weighted by molar-refractivity contribution is 6.06. The van der Waals surface area contributed by atoms with Gasteiger partial charge in [0, 0.05) is 22.5 Å². The number of nitrogens with one attached hydrogen (secondary N) is 2. The second kappa shape index (κ2) is 8.05. The molecule has 0 aliphatic rings. The van der Waals surface area contributed by atoms with Crippen LogP contribution in [0.25, 0.3) is 0 Å². The lowest BCUT2D eigenvalue weighted by molar-refractivity contribution is 0.101. The molecule has 0 unspecified atom stereocenters. The zero-order valence-electron chi connectivity index (χ0n) is 14.7. The number of carbonyl (C=O) groups is 2. The normalized spacial score (nSPS) is 10.1. The largest absolute Gasteiger partial charge is 0.495 e. The minimum absolute atomic E-state index is 0.249. The maximum Gasteiger partial charge on any atom is 0.255 e. The molecule has 0 saturated heterocycles. The molecule has 2 amide bonds. The predicted molar refractivity (Wildman–Crippen MR) is 106 cm³/mol. The summed E-state index contributed by atoms with van der Waals surface area (Å²) in [6.07, 6.45) is 0. The maximum absolute atomic E-state index is 12.4. The Hall–Kier alpha value is -3.80. The maximum atomic E-state index is 12.4. The first-order chi connectivity index (χ1) is 13.1. The molecule has 0 bridgehead atoms. The van der Waals surface area contributed by atoms with Crippen molar-refractivity contribution in [2.45, 2.75) is 0 Å². The number of ether oxygens (including phenoxy) is 1. The van der Waals surface area contributed by atoms with Crippen molar-refractivity contribution in [2.24, 2.45) is 0 Å². The summed E-state index contributed by atoms with van der Waals surface area (Å²) in [5.41, 5.74) is 8.36. The molecule has 136 valence electrons. The van der Waals surface area contributed by atoms with Crippen molar-refractivity contribution in [3.05, 3.63) is 83.9 Å². The van der Waals surface area contributed by atoms with E-state index in [1.54, 1.807) is 67.8 Å². The Morgan fingerprint density at radius 2 is 1.33 bits per heavy atom. The highest BCUT2D eigenvalue weighted by Crippen LogP contribution is 2.24. The van der Waals surface area contributed by atoms with Gasteiger partial charge in [-0.3, -0.25) is 9.59 Å². The number of carbonyl (C=O) groups excluding carboxylic acids is 2. The van der Waals surface area contributed by atoms with Crippen LogP contribution in [0.4, 0.5) is 17.1 Å². The van der Waals surface area contributed by atoms with Crippen LogP contribution < -0.4 is 21.1 Å². The number of amides is 2. The average Bonchev–Trinajstić information content (AvgIpc) is 2.69. The van der Waals surface area contributed by atoms with Gasteiger partial charge in [0.2, 0.25) is 0 Å². The molecular weight excluding hydrogens is 342 g/mol. The number of para-hydroxylation sites is 2. The van der Waals surface area contributed by atoms with Crippen molar-refractivity contribution in [3.8, 4) is 5.75 Å². The molecule has 6 nitrogen and oxygen atoms in total. The molecule has 0 aliphatic heterocycles. The summed E-state index contributed by atoms with van der Waals surface area (Å²) in [7, 11) is 1.55. The molecule has 27 heavy (non-hydrogen) atoms. The lowest BCUT2D eigenvalue weighted by Crippen LogP contribution is -2.14. The van der Waals surface area contributed by atoms with Crippen LogP contribution in [-0.4, -0.2) is 18.9 Å². The van der Waals surface area contributed by atoms with E-state index in [4.69, 9.17) is 10.5 Å². The van der Waals surface area contributed by atoms with Crippen molar-refractivity contribution in [2.75, 3.05) is 23.5 Å². The Kier molecular flexibility index (Phi) is 5.37. The summed E-state index contributed by atoms with van der Waals surface area (Å²) >= 11 is 0. The molecule has 0 heterocycles. The Labute approximate surface area is 157 Å². The Morgan fingerprint density at radius 3 is 1.96 bits per heavy atom. The fraction of sp³-hybridized carbons (Fsp3) is 0.0476. The van der Waals surface area contributed by atoms with Gasteiger partial charge in [0.05, 0.1) is 12.8 Å². The van der Waals surface area contributed by atoms with Crippen LogP contribution in [0.15, 0.2) is 72.8 Å². The van der Waals surface area contributed by atoms with Crippen molar-refractivity contribution in [3.63, 3.8) is 0 Å². The van der Waals surface area contributed by atoms with E-state index in [0.717, 1.165) is 0 Å². The smallest absolute Gasteiger partial charge is 0.255 e. The monoisotopic (exact) mass is 361 g/mol. The predicted octanol–water partition coefficient (Wildman–Crippen LogP) is 3.78. The van der Waals surface area contributed by atoms with E-state index in [1.165, 1.54) is 0 Å². The molecule has 0 saturated carbocycles. The molecule has 3 aromatic rings. The van der Waals surface area contributed by atoms with Gasteiger partial charge < -0.3 is 21.1 Å². The van der Waals surface area contributed by atoms with E-state index in [0.29, 0.717) is 33.9 Å². The molecule has 0 spiro atoms. The molecule has 3 aromatic carbocycles. The Morgan fingerprint density at radius 1 is 0.778 bits per heavy atom. The van der Waals surface area contributed by atoms with Gasteiger partial charge in [-0.2, -0.15) is 0 Å². The van der Waals surface area contributed by atoms with Gasteiger partial charge in [-0.15, -0.1) is 0 Å². The van der Waals surface area contributed by atoms with Crippen molar-refractivity contribution >= 4 is 28.9 Å². The quantitative estimate of drug-likeness (QED) is 0.603. The third kappa shape index (κ3) is 4.43. The molecule has 0 radical (unpaired) electrons. The summed E-state index contributed by atoms with van der Waals surface area (Å²) < 4.78 is 5.22. The van der Waals surface area contributed by atoms with Crippen LogP contribution in [0.3, 0.4) is 0 Å². The van der Waals surface area contributed by atoms with Crippen LogP contribution in [0, 0.1) is 0 Å². The summed E-state index contributed by atoms with van der Waals surface area (Å²) in [6.45, 7) is 0. The zero-order chi connectivity index (χ0) is 19.2. The van der Waals surface area contributed by atoms with E-state index in [1.807, 2.05) is 12.1 Å². The second-order valence-corrected chi connectivity index (χ2v) is 5.81. The first-order valence-electron chi connectivity index (χ1n) is 8.28. The van der Waals surface area contributed by atoms with Gasteiger partial charge in [0.15, 0.2) is 0 Å². The average molecular weight is 361 g/mol. The molecule has 4 N–H and O–H groups in total. The fourth-order valence-corrected chi connectivity index (χ4v) is 2.49. The SMILES string of the molecule is COc1ccccc1NC(=O)c1ccc(NC(=O)c2ccc(N)cc2)cc1. The fourth-order valence-electron chi connectivity index (χ4n) is 2.49. The highest BCUT2D eigenvalue weighted by Gasteiger charge is 2.10. The Balaban J connectivity index is 1.66. The third-order valence-electron chi connectivity index (χ3n) is 3.93. The molecule has 0 aromatic heterocycles. The molecular formula is C21H19N3O3. The zero-order valence-corrected chi connectivity index (χ0v) is 14.7. The minimum atomic E-state index is -0.268. The highest BCUT2D eigenvalue weighted by atomic mass is 16.5. The van der Waals surface area contributed by atoms with E-state index in [9.17, 15) is 9.59 Å². The van der Waals surface area contributed by atoms with Crippen LogP contribution in [0.2, 0.25) is 0 Å². The summed E-state index contributed by atoms with van der Waals surface area (Å²) in [4.78, 5) is 24.6. The van der Waals surface area contributed by atoms with Crippen molar-refractivity contribution in [1.82, 2.24) is 0 Å². The van der Waals surface area contributed by atoms with Gasteiger partial charge in [0.25, 0.3) is 11.8 Å². The first kappa shape index (κ1) is 18.0. The van der Waals surface area contributed by atoms with Crippen molar-refractivity contribution in [1.29, 1.82) is 0 Å². The number of nitrogens with two attached hydrogens (primary N) is 1. The van der Waals surface area contributed by atoms with E-state index in [-0.39, 0.29) is 11.8 Å². The van der Waals surface area contributed by atoms with Gasteiger partial charge in [-0.1, -0.05) is 12.1 Å². The number of methoxy groups -OCH3 is 1.